The highest BCUT2D eigenvalue weighted by Gasteiger charge is 2.30. The molecule has 2 aromatic carbocycles. The second-order valence-corrected chi connectivity index (χ2v) is 8.25. The van der Waals surface area contributed by atoms with Gasteiger partial charge in [-0.25, -0.2) is 0 Å². The van der Waals surface area contributed by atoms with Gasteiger partial charge in [-0.15, -0.1) is 0 Å². The molecule has 1 saturated carbocycles. The summed E-state index contributed by atoms with van der Waals surface area (Å²) >= 11 is 6.02. The molecule has 1 atom stereocenters. The SMILES string of the molecule is C[C@@H](C(=O)Nc1cccc(Cl)c1)[C@H]1CC[C@@H](c2ccnc3ccccc32)CC1. The first kappa shape index (κ1) is 18.9. The number of hydrogen-bond donors (Lipinski definition) is 1. The molecule has 3 aromatic rings. The number of halogens is 1. The van der Waals surface area contributed by atoms with Gasteiger partial charge < -0.3 is 5.32 Å². The van der Waals surface area contributed by atoms with Crippen LogP contribution in [0.4, 0.5) is 5.69 Å². The smallest absolute Gasteiger partial charge is 0.227 e. The van der Waals surface area contributed by atoms with Gasteiger partial charge in [-0.05, 0) is 73.4 Å². The summed E-state index contributed by atoms with van der Waals surface area (Å²) in [7, 11) is 0. The van der Waals surface area contributed by atoms with E-state index in [0.717, 1.165) is 36.9 Å². The van der Waals surface area contributed by atoms with Gasteiger partial charge in [-0.2, -0.15) is 0 Å². The number of anilines is 1. The Kier molecular flexibility index (Phi) is 5.63. The van der Waals surface area contributed by atoms with Crippen molar-refractivity contribution in [3.05, 3.63) is 71.4 Å². The molecule has 1 amide bonds. The van der Waals surface area contributed by atoms with E-state index in [1.807, 2.05) is 37.4 Å². The first-order chi connectivity index (χ1) is 13.6. The zero-order chi connectivity index (χ0) is 19.5. The van der Waals surface area contributed by atoms with Crippen molar-refractivity contribution < 1.29 is 4.79 Å². The minimum absolute atomic E-state index is 0.00545. The van der Waals surface area contributed by atoms with Gasteiger partial charge in [0.05, 0.1) is 5.52 Å². The normalized spacial score (nSPS) is 20.6. The molecule has 1 aliphatic carbocycles. The third kappa shape index (κ3) is 4.05. The van der Waals surface area contributed by atoms with E-state index in [1.165, 1.54) is 10.9 Å². The largest absolute Gasteiger partial charge is 0.326 e. The highest BCUT2D eigenvalue weighted by molar-refractivity contribution is 6.30. The number of nitrogens with one attached hydrogen (secondary N) is 1. The Morgan fingerprint density at radius 2 is 1.86 bits per heavy atom. The van der Waals surface area contributed by atoms with E-state index < -0.39 is 0 Å². The Balaban J connectivity index is 1.40. The van der Waals surface area contributed by atoms with Crippen molar-refractivity contribution in [2.75, 3.05) is 5.32 Å². The molecule has 144 valence electrons. The molecular weight excluding hydrogens is 368 g/mol. The van der Waals surface area contributed by atoms with Gasteiger partial charge in [0.2, 0.25) is 5.91 Å². The van der Waals surface area contributed by atoms with Gasteiger partial charge in [0.15, 0.2) is 0 Å². The second-order valence-electron chi connectivity index (χ2n) is 7.82. The van der Waals surface area contributed by atoms with Crippen LogP contribution in [0, 0.1) is 11.8 Å². The number of rotatable bonds is 4. The molecule has 1 aromatic heterocycles. The second kappa shape index (κ2) is 8.32. The van der Waals surface area contributed by atoms with Gasteiger partial charge >= 0.3 is 0 Å². The molecule has 28 heavy (non-hydrogen) atoms. The quantitative estimate of drug-likeness (QED) is 0.555. The zero-order valence-electron chi connectivity index (χ0n) is 16.1. The third-order valence-corrected chi connectivity index (χ3v) is 6.34. The number of aromatic nitrogens is 1. The van der Waals surface area contributed by atoms with Gasteiger partial charge in [0, 0.05) is 28.2 Å². The minimum atomic E-state index is -0.00545. The Morgan fingerprint density at radius 1 is 1.07 bits per heavy atom. The summed E-state index contributed by atoms with van der Waals surface area (Å²) in [6, 6.07) is 17.9. The molecule has 3 nitrogen and oxygen atoms in total. The summed E-state index contributed by atoms with van der Waals surface area (Å²) in [5, 5.41) is 4.91. The summed E-state index contributed by atoms with van der Waals surface area (Å²) in [6.07, 6.45) is 6.31. The number of hydrogen-bond acceptors (Lipinski definition) is 2. The predicted molar refractivity (Wildman–Crippen MR) is 116 cm³/mol. The van der Waals surface area contributed by atoms with Crippen LogP contribution in [0.25, 0.3) is 10.9 Å². The molecule has 1 aliphatic rings. The standard InChI is InChI=1S/C24H25ClN2O/c1-16(24(28)27-20-6-4-5-19(25)15-20)17-9-11-18(12-10-17)21-13-14-26-23-8-3-2-7-22(21)23/h2-8,13-18H,9-12H2,1H3,(H,27,28)/t16-,17-,18+/m1/s1. The summed E-state index contributed by atoms with van der Waals surface area (Å²) in [4.78, 5) is 17.2. The topological polar surface area (TPSA) is 42.0 Å². The van der Waals surface area contributed by atoms with Crippen molar-refractivity contribution in [2.45, 2.75) is 38.5 Å². The fraction of sp³-hybridized carbons (Fsp3) is 0.333. The first-order valence-electron chi connectivity index (χ1n) is 10.0. The van der Waals surface area contributed by atoms with Crippen LogP contribution in [0.3, 0.4) is 0 Å². The predicted octanol–water partition coefficient (Wildman–Crippen LogP) is 6.44. The molecule has 4 rings (SSSR count). The van der Waals surface area contributed by atoms with Crippen molar-refractivity contribution in [1.29, 1.82) is 0 Å². The minimum Gasteiger partial charge on any atom is -0.326 e. The zero-order valence-corrected chi connectivity index (χ0v) is 16.8. The van der Waals surface area contributed by atoms with Crippen molar-refractivity contribution in [2.24, 2.45) is 11.8 Å². The maximum Gasteiger partial charge on any atom is 0.227 e. The van der Waals surface area contributed by atoms with E-state index in [2.05, 4.69) is 34.6 Å². The van der Waals surface area contributed by atoms with Crippen LogP contribution in [-0.4, -0.2) is 10.9 Å². The van der Waals surface area contributed by atoms with Gasteiger partial charge in [-0.1, -0.05) is 42.8 Å². The molecule has 1 heterocycles. The van der Waals surface area contributed by atoms with E-state index in [9.17, 15) is 4.79 Å². The van der Waals surface area contributed by atoms with E-state index in [1.54, 1.807) is 6.07 Å². The molecule has 0 unspecified atom stereocenters. The molecule has 1 N–H and O–H groups in total. The van der Waals surface area contributed by atoms with Crippen LogP contribution in [0.2, 0.25) is 5.02 Å². The van der Waals surface area contributed by atoms with Gasteiger partial charge in [0.25, 0.3) is 0 Å². The molecule has 0 spiro atoms. The lowest BCUT2D eigenvalue weighted by Crippen LogP contribution is -2.29. The number of amides is 1. The Morgan fingerprint density at radius 3 is 2.64 bits per heavy atom. The van der Waals surface area contributed by atoms with Crippen LogP contribution in [0.1, 0.15) is 44.1 Å². The van der Waals surface area contributed by atoms with Gasteiger partial charge in [0.1, 0.15) is 0 Å². The van der Waals surface area contributed by atoms with Crippen LogP contribution in [0.15, 0.2) is 60.8 Å². The Labute approximate surface area is 171 Å². The lowest BCUT2D eigenvalue weighted by atomic mass is 9.73. The first-order valence-corrected chi connectivity index (χ1v) is 10.4. The molecule has 0 bridgehead atoms. The van der Waals surface area contributed by atoms with Crippen molar-refractivity contribution in [1.82, 2.24) is 4.98 Å². The summed E-state index contributed by atoms with van der Waals surface area (Å²) in [6.45, 7) is 2.05. The summed E-state index contributed by atoms with van der Waals surface area (Å²) < 4.78 is 0. The highest BCUT2D eigenvalue weighted by atomic mass is 35.5. The third-order valence-electron chi connectivity index (χ3n) is 6.11. The summed E-state index contributed by atoms with van der Waals surface area (Å²) in [5.41, 5.74) is 3.23. The fourth-order valence-corrected chi connectivity index (χ4v) is 4.63. The molecule has 4 heteroatoms. The number of fused-ring (bicyclic) bond motifs is 1. The Hall–Kier alpha value is -2.39. The van der Waals surface area contributed by atoms with Crippen molar-refractivity contribution >= 4 is 34.1 Å². The van der Waals surface area contributed by atoms with Crippen LogP contribution in [0.5, 0.6) is 0 Å². The number of carbonyl (C=O) groups is 1. The summed E-state index contributed by atoms with van der Waals surface area (Å²) in [5.74, 6) is 1.05. The molecule has 0 saturated heterocycles. The van der Waals surface area contributed by atoms with E-state index in [-0.39, 0.29) is 11.8 Å². The lowest BCUT2D eigenvalue weighted by Gasteiger charge is -2.32. The maximum atomic E-state index is 12.7. The number of pyridine rings is 1. The number of nitrogens with zero attached hydrogens (tertiary/aromatic N) is 1. The average Bonchev–Trinajstić information content (AvgIpc) is 2.73. The Bertz CT molecular complexity index is 974. The average molecular weight is 393 g/mol. The van der Waals surface area contributed by atoms with Crippen molar-refractivity contribution in [3.63, 3.8) is 0 Å². The van der Waals surface area contributed by atoms with Crippen LogP contribution >= 0.6 is 11.6 Å². The number of para-hydroxylation sites is 1. The maximum absolute atomic E-state index is 12.7. The molecule has 0 radical (unpaired) electrons. The highest BCUT2D eigenvalue weighted by Crippen LogP contribution is 2.40. The number of carbonyl (C=O) groups excluding carboxylic acids is 1. The van der Waals surface area contributed by atoms with E-state index >= 15 is 0 Å². The molecule has 0 aliphatic heterocycles. The fourth-order valence-electron chi connectivity index (χ4n) is 4.44. The number of benzene rings is 2. The monoisotopic (exact) mass is 392 g/mol. The van der Waals surface area contributed by atoms with Crippen molar-refractivity contribution in [3.8, 4) is 0 Å². The molecule has 1 fully saturated rings. The van der Waals surface area contributed by atoms with E-state index in [4.69, 9.17) is 11.6 Å². The van der Waals surface area contributed by atoms with Crippen LogP contribution < -0.4 is 5.32 Å². The lowest BCUT2D eigenvalue weighted by molar-refractivity contribution is -0.121. The van der Waals surface area contributed by atoms with Crippen LogP contribution in [-0.2, 0) is 4.79 Å². The molecular formula is C24H25ClN2O. The van der Waals surface area contributed by atoms with Gasteiger partial charge in [-0.3, -0.25) is 9.78 Å². The van der Waals surface area contributed by atoms with E-state index in [0.29, 0.717) is 16.9 Å².